The fourth-order valence-electron chi connectivity index (χ4n) is 3.20. The van der Waals surface area contributed by atoms with Gasteiger partial charge in [0.25, 0.3) is 0 Å². The molecule has 1 nitrogen and oxygen atoms in total. The molecule has 0 heterocycles. The summed E-state index contributed by atoms with van der Waals surface area (Å²) in [4.78, 5) is 0. The van der Waals surface area contributed by atoms with Gasteiger partial charge in [-0.3, -0.25) is 0 Å². The van der Waals surface area contributed by atoms with Gasteiger partial charge in [-0.1, -0.05) is 62.4 Å². The van der Waals surface area contributed by atoms with Crippen LogP contribution in [0.5, 0.6) is 0 Å². The fourth-order valence-corrected chi connectivity index (χ4v) is 3.54. The number of nitrogens with one attached hydrogen (secondary N) is 1. The van der Waals surface area contributed by atoms with Crippen molar-refractivity contribution in [3.63, 3.8) is 0 Å². The van der Waals surface area contributed by atoms with Crippen LogP contribution in [0.2, 0.25) is 5.02 Å². The predicted molar refractivity (Wildman–Crippen MR) is 79.4 cm³/mol. The van der Waals surface area contributed by atoms with Crippen LogP contribution < -0.4 is 5.32 Å². The first kappa shape index (κ1) is 13.9. The SMILES string of the molecule is CCNCC1(c2ccccc2Cl)CCCCCC1. The van der Waals surface area contributed by atoms with Crippen molar-refractivity contribution in [1.82, 2.24) is 5.32 Å². The number of likely N-dealkylation sites (N-methyl/N-ethyl adjacent to an activating group) is 1. The van der Waals surface area contributed by atoms with Gasteiger partial charge in [0.2, 0.25) is 0 Å². The summed E-state index contributed by atoms with van der Waals surface area (Å²) in [5, 5.41) is 4.50. The Morgan fingerprint density at radius 3 is 2.39 bits per heavy atom. The Morgan fingerprint density at radius 2 is 1.78 bits per heavy atom. The van der Waals surface area contributed by atoms with Gasteiger partial charge in [0, 0.05) is 17.0 Å². The Bertz CT molecular complexity index is 367. The lowest BCUT2D eigenvalue weighted by atomic mass is 9.74. The standard InChI is InChI=1S/C16H24ClN/c1-2-18-13-16(11-7-3-4-8-12-16)14-9-5-6-10-15(14)17/h5-6,9-10,18H,2-4,7-8,11-13H2,1H3. The minimum atomic E-state index is 0.255. The van der Waals surface area contributed by atoms with Crippen LogP contribution in [0.15, 0.2) is 24.3 Å². The normalized spacial score (nSPS) is 19.4. The molecule has 1 aromatic rings. The zero-order valence-electron chi connectivity index (χ0n) is 11.3. The van der Waals surface area contributed by atoms with Crippen molar-refractivity contribution in [2.24, 2.45) is 0 Å². The van der Waals surface area contributed by atoms with Crippen LogP contribution in [-0.4, -0.2) is 13.1 Å². The van der Waals surface area contributed by atoms with Crippen molar-refractivity contribution in [3.05, 3.63) is 34.9 Å². The van der Waals surface area contributed by atoms with Gasteiger partial charge in [-0.25, -0.2) is 0 Å². The van der Waals surface area contributed by atoms with Gasteiger partial charge in [0.1, 0.15) is 0 Å². The number of hydrogen-bond acceptors (Lipinski definition) is 1. The lowest BCUT2D eigenvalue weighted by Crippen LogP contribution is -2.38. The molecule has 1 N–H and O–H groups in total. The van der Waals surface area contributed by atoms with Crippen LogP contribution in [-0.2, 0) is 5.41 Å². The van der Waals surface area contributed by atoms with Crippen molar-refractivity contribution in [3.8, 4) is 0 Å². The molecule has 0 spiro atoms. The first-order valence-electron chi connectivity index (χ1n) is 7.24. The van der Waals surface area contributed by atoms with Crippen LogP contribution in [0.25, 0.3) is 0 Å². The number of rotatable bonds is 4. The summed E-state index contributed by atoms with van der Waals surface area (Å²) in [5.41, 5.74) is 1.61. The zero-order valence-corrected chi connectivity index (χ0v) is 12.1. The maximum absolute atomic E-state index is 6.45. The van der Waals surface area contributed by atoms with Gasteiger partial charge in [-0.2, -0.15) is 0 Å². The van der Waals surface area contributed by atoms with Gasteiger partial charge in [0.15, 0.2) is 0 Å². The first-order valence-corrected chi connectivity index (χ1v) is 7.62. The fraction of sp³-hybridized carbons (Fsp3) is 0.625. The van der Waals surface area contributed by atoms with E-state index in [4.69, 9.17) is 11.6 Å². The molecule has 0 aromatic heterocycles. The number of halogens is 1. The van der Waals surface area contributed by atoms with Crippen molar-refractivity contribution in [1.29, 1.82) is 0 Å². The second-order valence-corrected chi connectivity index (χ2v) is 5.86. The largest absolute Gasteiger partial charge is 0.316 e. The van der Waals surface area contributed by atoms with Crippen LogP contribution in [0, 0.1) is 0 Å². The maximum atomic E-state index is 6.45. The van der Waals surface area contributed by atoms with E-state index >= 15 is 0 Å². The van der Waals surface area contributed by atoms with Gasteiger partial charge in [-0.15, -0.1) is 0 Å². The lowest BCUT2D eigenvalue weighted by Gasteiger charge is -2.34. The highest BCUT2D eigenvalue weighted by Gasteiger charge is 2.33. The Kier molecular flexibility index (Phi) is 5.08. The van der Waals surface area contributed by atoms with E-state index in [2.05, 4.69) is 24.4 Å². The van der Waals surface area contributed by atoms with Crippen LogP contribution >= 0.6 is 11.6 Å². The maximum Gasteiger partial charge on any atom is 0.0444 e. The van der Waals surface area contributed by atoms with E-state index in [9.17, 15) is 0 Å². The highest BCUT2D eigenvalue weighted by molar-refractivity contribution is 6.31. The van der Waals surface area contributed by atoms with Crippen molar-refractivity contribution >= 4 is 11.6 Å². The van der Waals surface area contributed by atoms with Crippen LogP contribution in [0.3, 0.4) is 0 Å². The Hall–Kier alpha value is -0.530. The monoisotopic (exact) mass is 265 g/mol. The van der Waals surface area contributed by atoms with Crippen molar-refractivity contribution < 1.29 is 0 Å². The summed E-state index contributed by atoms with van der Waals surface area (Å²) in [6.07, 6.45) is 7.94. The molecule has 2 heteroatoms. The molecule has 0 radical (unpaired) electrons. The number of hydrogen-bond donors (Lipinski definition) is 1. The van der Waals surface area contributed by atoms with E-state index < -0.39 is 0 Å². The highest BCUT2D eigenvalue weighted by atomic mass is 35.5. The molecule has 18 heavy (non-hydrogen) atoms. The number of benzene rings is 1. The molecule has 1 aliphatic carbocycles. The average molecular weight is 266 g/mol. The summed E-state index contributed by atoms with van der Waals surface area (Å²) in [7, 11) is 0. The van der Waals surface area contributed by atoms with Gasteiger partial charge in [-0.05, 0) is 31.0 Å². The minimum Gasteiger partial charge on any atom is -0.316 e. The second-order valence-electron chi connectivity index (χ2n) is 5.45. The molecule has 0 amide bonds. The topological polar surface area (TPSA) is 12.0 Å². The summed E-state index contributed by atoms with van der Waals surface area (Å²) in [6, 6.07) is 8.42. The third kappa shape index (κ3) is 3.07. The smallest absolute Gasteiger partial charge is 0.0444 e. The first-order chi connectivity index (χ1) is 8.78. The van der Waals surface area contributed by atoms with E-state index in [1.807, 2.05) is 12.1 Å². The minimum absolute atomic E-state index is 0.255. The lowest BCUT2D eigenvalue weighted by molar-refractivity contribution is 0.351. The van der Waals surface area contributed by atoms with Crippen LogP contribution in [0.1, 0.15) is 51.0 Å². The molecule has 1 fully saturated rings. The summed E-state index contributed by atoms with van der Waals surface area (Å²) in [6.45, 7) is 4.27. The molecule has 100 valence electrons. The predicted octanol–water partition coefficient (Wildman–Crippen LogP) is 4.54. The van der Waals surface area contributed by atoms with Crippen molar-refractivity contribution in [2.75, 3.05) is 13.1 Å². The molecule has 0 saturated heterocycles. The third-order valence-electron chi connectivity index (χ3n) is 4.22. The summed E-state index contributed by atoms with van der Waals surface area (Å²) in [5.74, 6) is 0. The Labute approximate surface area is 116 Å². The Balaban J connectivity index is 2.31. The molecule has 0 bridgehead atoms. The van der Waals surface area contributed by atoms with E-state index in [-0.39, 0.29) is 5.41 Å². The molecule has 0 atom stereocenters. The van der Waals surface area contributed by atoms with Crippen LogP contribution in [0.4, 0.5) is 0 Å². The van der Waals surface area contributed by atoms with Crippen molar-refractivity contribution in [2.45, 2.75) is 50.9 Å². The van der Waals surface area contributed by atoms with Gasteiger partial charge >= 0.3 is 0 Å². The van der Waals surface area contributed by atoms with Gasteiger partial charge < -0.3 is 5.32 Å². The van der Waals surface area contributed by atoms with Gasteiger partial charge in [0.05, 0.1) is 0 Å². The molecule has 2 rings (SSSR count). The molecular formula is C16H24ClN. The molecule has 1 saturated carbocycles. The zero-order chi connectivity index (χ0) is 12.8. The molecule has 1 aromatic carbocycles. The quantitative estimate of drug-likeness (QED) is 0.788. The molecule has 0 unspecified atom stereocenters. The second kappa shape index (κ2) is 6.58. The molecular weight excluding hydrogens is 242 g/mol. The highest BCUT2D eigenvalue weighted by Crippen LogP contribution is 2.40. The van der Waals surface area contributed by atoms with E-state index in [1.54, 1.807) is 0 Å². The molecule has 1 aliphatic rings. The Morgan fingerprint density at radius 1 is 1.11 bits per heavy atom. The third-order valence-corrected chi connectivity index (χ3v) is 4.55. The van der Waals surface area contributed by atoms with E-state index in [1.165, 1.54) is 44.1 Å². The molecule has 0 aliphatic heterocycles. The van der Waals surface area contributed by atoms with E-state index in [0.29, 0.717) is 0 Å². The average Bonchev–Trinajstić information content (AvgIpc) is 2.63. The summed E-state index contributed by atoms with van der Waals surface area (Å²) < 4.78 is 0. The van der Waals surface area contributed by atoms with E-state index in [0.717, 1.165) is 18.1 Å². The summed E-state index contributed by atoms with van der Waals surface area (Å²) >= 11 is 6.45.